The predicted octanol–water partition coefficient (Wildman–Crippen LogP) is 1.79. The number of para-hydroxylation sites is 1. The number of rotatable bonds is 5. The van der Waals surface area contributed by atoms with Gasteiger partial charge in [0.2, 0.25) is 0 Å². The Morgan fingerprint density at radius 2 is 2.31 bits per heavy atom. The fraction of sp³-hybridized carbons (Fsp3) is 0.538. The zero-order valence-corrected chi connectivity index (χ0v) is 9.74. The second-order valence-corrected chi connectivity index (χ2v) is 4.05. The van der Waals surface area contributed by atoms with Crippen LogP contribution >= 0.6 is 0 Å². The molecule has 1 aromatic rings. The summed E-state index contributed by atoms with van der Waals surface area (Å²) in [5.41, 5.74) is 1.29. The van der Waals surface area contributed by atoms with Gasteiger partial charge in [-0.2, -0.15) is 0 Å². The summed E-state index contributed by atoms with van der Waals surface area (Å²) in [5, 5.41) is 3.07. The molecule has 0 saturated carbocycles. The van der Waals surface area contributed by atoms with E-state index in [0.29, 0.717) is 5.92 Å². The van der Waals surface area contributed by atoms with Crippen LogP contribution < -0.4 is 10.1 Å². The summed E-state index contributed by atoms with van der Waals surface area (Å²) in [7, 11) is 1.94. The Labute approximate surface area is 96.8 Å². The highest BCUT2D eigenvalue weighted by atomic mass is 16.5. The molecule has 0 radical (unpaired) electrons. The predicted molar refractivity (Wildman–Crippen MR) is 64.0 cm³/mol. The molecule has 16 heavy (non-hydrogen) atoms. The number of ether oxygens (including phenoxy) is 2. The van der Waals surface area contributed by atoms with Crippen LogP contribution in [0.3, 0.4) is 0 Å². The maximum absolute atomic E-state index is 5.65. The third-order valence-electron chi connectivity index (χ3n) is 2.90. The van der Waals surface area contributed by atoms with Gasteiger partial charge in [-0.3, -0.25) is 0 Å². The molecule has 0 spiro atoms. The molecule has 0 aromatic heterocycles. The topological polar surface area (TPSA) is 30.5 Å². The Bertz CT molecular complexity index is 327. The van der Waals surface area contributed by atoms with Crippen molar-refractivity contribution in [1.29, 1.82) is 0 Å². The molecule has 1 atom stereocenters. The molecule has 1 N–H and O–H groups in total. The molecule has 1 heterocycles. The summed E-state index contributed by atoms with van der Waals surface area (Å²) in [6.07, 6.45) is 1.05. The van der Waals surface area contributed by atoms with Crippen LogP contribution in [-0.2, 0) is 4.74 Å². The summed E-state index contributed by atoms with van der Waals surface area (Å²) >= 11 is 0. The van der Waals surface area contributed by atoms with Gasteiger partial charge < -0.3 is 14.8 Å². The SMILES string of the molecule is CNCCOCC1CCOc2ccccc21. The van der Waals surface area contributed by atoms with Crippen LogP contribution in [0.1, 0.15) is 17.9 Å². The van der Waals surface area contributed by atoms with Crippen molar-refractivity contribution in [1.82, 2.24) is 5.32 Å². The second kappa shape index (κ2) is 5.87. The van der Waals surface area contributed by atoms with Crippen molar-refractivity contribution < 1.29 is 9.47 Å². The molecule has 1 unspecified atom stereocenters. The first kappa shape index (κ1) is 11.4. The average molecular weight is 221 g/mol. The Kier molecular flexibility index (Phi) is 4.19. The van der Waals surface area contributed by atoms with E-state index in [9.17, 15) is 0 Å². The Morgan fingerprint density at radius 3 is 3.19 bits per heavy atom. The van der Waals surface area contributed by atoms with Gasteiger partial charge in [-0.1, -0.05) is 18.2 Å². The molecule has 1 aromatic carbocycles. The van der Waals surface area contributed by atoms with Gasteiger partial charge in [-0.25, -0.2) is 0 Å². The van der Waals surface area contributed by atoms with Crippen molar-refractivity contribution in [3.63, 3.8) is 0 Å². The van der Waals surface area contributed by atoms with E-state index in [-0.39, 0.29) is 0 Å². The molecular formula is C13H19NO2. The smallest absolute Gasteiger partial charge is 0.122 e. The number of likely N-dealkylation sites (N-methyl/N-ethyl adjacent to an activating group) is 1. The van der Waals surface area contributed by atoms with E-state index in [4.69, 9.17) is 9.47 Å². The number of fused-ring (bicyclic) bond motifs is 1. The molecule has 0 fully saturated rings. The van der Waals surface area contributed by atoms with E-state index in [0.717, 1.165) is 38.5 Å². The van der Waals surface area contributed by atoms with E-state index in [1.165, 1.54) is 5.56 Å². The fourth-order valence-electron chi connectivity index (χ4n) is 1.99. The van der Waals surface area contributed by atoms with E-state index >= 15 is 0 Å². The van der Waals surface area contributed by atoms with Gasteiger partial charge in [0.15, 0.2) is 0 Å². The minimum absolute atomic E-state index is 0.488. The van der Waals surface area contributed by atoms with Gasteiger partial charge in [0.25, 0.3) is 0 Å². The fourth-order valence-corrected chi connectivity index (χ4v) is 1.99. The monoisotopic (exact) mass is 221 g/mol. The maximum atomic E-state index is 5.65. The van der Waals surface area contributed by atoms with Crippen molar-refractivity contribution in [3.8, 4) is 5.75 Å². The first-order valence-electron chi connectivity index (χ1n) is 5.86. The van der Waals surface area contributed by atoms with Gasteiger partial charge in [0.05, 0.1) is 19.8 Å². The molecule has 0 bridgehead atoms. The van der Waals surface area contributed by atoms with Crippen molar-refractivity contribution in [2.45, 2.75) is 12.3 Å². The van der Waals surface area contributed by atoms with Gasteiger partial charge in [0.1, 0.15) is 5.75 Å². The van der Waals surface area contributed by atoms with Crippen LogP contribution in [0.4, 0.5) is 0 Å². The lowest BCUT2D eigenvalue weighted by molar-refractivity contribution is 0.108. The van der Waals surface area contributed by atoms with Gasteiger partial charge >= 0.3 is 0 Å². The van der Waals surface area contributed by atoms with Crippen LogP contribution in [0, 0.1) is 0 Å². The third-order valence-corrected chi connectivity index (χ3v) is 2.90. The number of nitrogens with one attached hydrogen (secondary N) is 1. The highest BCUT2D eigenvalue weighted by Gasteiger charge is 2.20. The lowest BCUT2D eigenvalue weighted by atomic mass is 9.94. The first-order chi connectivity index (χ1) is 7.92. The standard InChI is InChI=1S/C13H19NO2/c1-14-7-9-15-10-11-6-8-16-13-5-3-2-4-12(11)13/h2-5,11,14H,6-10H2,1H3. The summed E-state index contributed by atoms with van der Waals surface area (Å²) < 4.78 is 11.3. The molecule has 88 valence electrons. The van der Waals surface area contributed by atoms with Crippen molar-refractivity contribution >= 4 is 0 Å². The van der Waals surface area contributed by atoms with Crippen molar-refractivity contribution in [2.75, 3.05) is 33.4 Å². The lowest BCUT2D eigenvalue weighted by Gasteiger charge is -2.25. The largest absolute Gasteiger partial charge is 0.493 e. The van der Waals surface area contributed by atoms with Crippen molar-refractivity contribution in [2.24, 2.45) is 0 Å². The van der Waals surface area contributed by atoms with Gasteiger partial charge in [-0.05, 0) is 25.1 Å². The molecule has 3 heteroatoms. The molecule has 0 saturated heterocycles. The Morgan fingerprint density at radius 1 is 1.44 bits per heavy atom. The maximum Gasteiger partial charge on any atom is 0.122 e. The molecule has 2 rings (SSSR count). The molecular weight excluding hydrogens is 202 g/mol. The van der Waals surface area contributed by atoms with E-state index in [2.05, 4.69) is 17.4 Å². The summed E-state index contributed by atoms with van der Waals surface area (Å²) in [6, 6.07) is 8.26. The normalized spacial score (nSPS) is 18.9. The highest BCUT2D eigenvalue weighted by Crippen LogP contribution is 2.33. The quantitative estimate of drug-likeness (QED) is 0.769. The molecule has 3 nitrogen and oxygen atoms in total. The van der Waals surface area contributed by atoms with E-state index in [1.54, 1.807) is 0 Å². The zero-order valence-electron chi connectivity index (χ0n) is 9.74. The van der Waals surface area contributed by atoms with E-state index < -0.39 is 0 Å². The van der Waals surface area contributed by atoms with Crippen molar-refractivity contribution in [3.05, 3.63) is 29.8 Å². The van der Waals surface area contributed by atoms with Crippen LogP contribution in [0.15, 0.2) is 24.3 Å². The molecule has 1 aliphatic heterocycles. The molecule has 1 aliphatic rings. The molecule has 0 aliphatic carbocycles. The van der Waals surface area contributed by atoms with Crippen LogP contribution in [-0.4, -0.2) is 33.4 Å². The third kappa shape index (κ3) is 2.74. The van der Waals surface area contributed by atoms with Crippen LogP contribution in [0.5, 0.6) is 5.75 Å². The summed E-state index contributed by atoms with van der Waals surface area (Å²) in [4.78, 5) is 0. The second-order valence-electron chi connectivity index (χ2n) is 4.05. The Hall–Kier alpha value is -1.06. The van der Waals surface area contributed by atoms with Crippen LogP contribution in [0.25, 0.3) is 0 Å². The minimum Gasteiger partial charge on any atom is -0.493 e. The summed E-state index contributed by atoms with van der Waals surface area (Å²) in [5.74, 6) is 1.51. The number of hydrogen-bond acceptors (Lipinski definition) is 3. The average Bonchev–Trinajstić information content (AvgIpc) is 2.35. The highest BCUT2D eigenvalue weighted by molar-refractivity contribution is 5.37. The van der Waals surface area contributed by atoms with Gasteiger partial charge in [-0.15, -0.1) is 0 Å². The summed E-state index contributed by atoms with van der Waals surface area (Å²) in [6.45, 7) is 3.28. The minimum atomic E-state index is 0.488. The Balaban J connectivity index is 1.91. The number of benzene rings is 1. The zero-order chi connectivity index (χ0) is 11.2. The first-order valence-corrected chi connectivity index (χ1v) is 5.86. The number of hydrogen-bond donors (Lipinski definition) is 1. The van der Waals surface area contributed by atoms with Gasteiger partial charge in [0, 0.05) is 12.5 Å². The molecule has 0 amide bonds. The van der Waals surface area contributed by atoms with E-state index in [1.807, 2.05) is 19.2 Å². The van der Waals surface area contributed by atoms with Crippen LogP contribution in [0.2, 0.25) is 0 Å². The lowest BCUT2D eigenvalue weighted by Crippen LogP contribution is -2.21.